The molecule has 0 radical (unpaired) electrons. The van der Waals surface area contributed by atoms with Crippen LogP contribution in [-0.4, -0.2) is 5.78 Å². The van der Waals surface area contributed by atoms with Gasteiger partial charge in [0.1, 0.15) is 0 Å². The molecule has 0 spiro atoms. The van der Waals surface area contributed by atoms with Crippen molar-refractivity contribution in [3.63, 3.8) is 0 Å². The van der Waals surface area contributed by atoms with Gasteiger partial charge in [-0.25, -0.2) is 0 Å². The van der Waals surface area contributed by atoms with Crippen molar-refractivity contribution in [3.05, 3.63) is 24.0 Å². The van der Waals surface area contributed by atoms with Crippen LogP contribution in [0.3, 0.4) is 0 Å². The Morgan fingerprint density at radius 2 is 1.78 bits per heavy atom. The summed E-state index contributed by atoms with van der Waals surface area (Å²) in [5.41, 5.74) is 1.94. The lowest BCUT2D eigenvalue weighted by Crippen LogP contribution is -2.31. The van der Waals surface area contributed by atoms with Crippen LogP contribution in [0, 0.1) is 11.3 Å². The first-order chi connectivity index (χ1) is 8.38. The Morgan fingerprint density at radius 1 is 1.28 bits per heavy atom. The fraction of sp³-hybridized carbons (Fsp3) is 0.688. The summed E-state index contributed by atoms with van der Waals surface area (Å²) in [5, 5.41) is 3.02. The third kappa shape index (κ3) is 3.47. The van der Waals surface area contributed by atoms with Crippen molar-refractivity contribution < 1.29 is 4.79 Å². The van der Waals surface area contributed by atoms with Gasteiger partial charge < -0.3 is 5.32 Å². The summed E-state index contributed by atoms with van der Waals surface area (Å²) in [4.78, 5) is 11.8. The van der Waals surface area contributed by atoms with Gasteiger partial charge in [0.05, 0.1) is 5.70 Å². The van der Waals surface area contributed by atoms with Gasteiger partial charge in [-0.2, -0.15) is 0 Å². The van der Waals surface area contributed by atoms with Crippen LogP contribution < -0.4 is 5.32 Å². The molecule has 0 aromatic heterocycles. The van der Waals surface area contributed by atoms with E-state index in [1.807, 2.05) is 0 Å². The van der Waals surface area contributed by atoms with Crippen LogP contribution in [0.5, 0.6) is 0 Å². The van der Waals surface area contributed by atoms with E-state index in [1.54, 1.807) is 13.1 Å². The quantitative estimate of drug-likeness (QED) is 0.646. The van der Waals surface area contributed by atoms with Crippen molar-refractivity contribution in [2.75, 3.05) is 0 Å². The number of carbonyl (C=O) groups is 1. The minimum atomic E-state index is 0.0700. The molecule has 0 aromatic rings. The number of hydrogen-bond donors (Lipinski definition) is 1. The molecule has 0 rings (SSSR count). The Morgan fingerprint density at radius 3 is 2.06 bits per heavy atom. The van der Waals surface area contributed by atoms with Gasteiger partial charge in [-0.15, -0.1) is 0 Å². The standard InChI is InChI=1S/C16H29NO/c1-8-14(9-2)16(7,10-3)12(5)15(13(6)18)17-11-4/h11,14,17H,4,8-10H2,1-3,5-7H3/b15-12-/t16-/m1/s1. The Hall–Kier alpha value is -1.05. The number of nitrogens with one attached hydrogen (secondary N) is 1. The molecule has 0 aliphatic heterocycles. The molecule has 0 fully saturated rings. The number of rotatable bonds is 8. The van der Waals surface area contributed by atoms with Gasteiger partial charge in [-0.3, -0.25) is 4.79 Å². The van der Waals surface area contributed by atoms with Gasteiger partial charge in [0.2, 0.25) is 0 Å². The van der Waals surface area contributed by atoms with E-state index in [0.29, 0.717) is 11.6 Å². The lowest BCUT2D eigenvalue weighted by atomic mass is 9.67. The first-order valence-electron chi connectivity index (χ1n) is 6.98. The fourth-order valence-corrected chi connectivity index (χ4v) is 2.91. The number of carbonyl (C=O) groups excluding carboxylic acids is 1. The monoisotopic (exact) mass is 251 g/mol. The van der Waals surface area contributed by atoms with Gasteiger partial charge in [0.15, 0.2) is 5.78 Å². The van der Waals surface area contributed by atoms with E-state index in [-0.39, 0.29) is 11.2 Å². The molecule has 0 amide bonds. The lowest BCUT2D eigenvalue weighted by molar-refractivity contribution is -0.114. The zero-order valence-corrected chi connectivity index (χ0v) is 12.9. The maximum Gasteiger partial charge on any atom is 0.175 e. The third-order valence-electron chi connectivity index (χ3n) is 4.45. The Bertz CT molecular complexity index is 326. The van der Waals surface area contributed by atoms with Gasteiger partial charge in [0.25, 0.3) is 0 Å². The highest BCUT2D eigenvalue weighted by atomic mass is 16.1. The highest BCUT2D eigenvalue weighted by Crippen LogP contribution is 2.43. The molecule has 2 heteroatoms. The van der Waals surface area contributed by atoms with Crippen LogP contribution in [0.15, 0.2) is 24.0 Å². The minimum absolute atomic E-state index is 0.0700. The molecular weight excluding hydrogens is 222 g/mol. The van der Waals surface area contributed by atoms with Gasteiger partial charge in [-0.05, 0) is 36.5 Å². The maximum atomic E-state index is 11.8. The fourth-order valence-electron chi connectivity index (χ4n) is 2.91. The van der Waals surface area contributed by atoms with Gasteiger partial charge in [-0.1, -0.05) is 47.1 Å². The number of ketones is 1. The maximum absolute atomic E-state index is 11.8. The van der Waals surface area contributed by atoms with E-state index >= 15 is 0 Å². The van der Waals surface area contributed by atoms with Crippen molar-refractivity contribution in [2.24, 2.45) is 11.3 Å². The van der Waals surface area contributed by atoms with Crippen molar-refractivity contribution in [1.29, 1.82) is 0 Å². The zero-order chi connectivity index (χ0) is 14.3. The Kier molecular flexibility index (Phi) is 6.97. The summed E-state index contributed by atoms with van der Waals surface area (Å²) < 4.78 is 0. The molecule has 0 heterocycles. The first kappa shape index (κ1) is 16.9. The normalized spacial score (nSPS) is 15.9. The van der Waals surface area contributed by atoms with E-state index in [1.165, 1.54) is 0 Å². The highest BCUT2D eigenvalue weighted by molar-refractivity contribution is 5.93. The average Bonchev–Trinajstić information content (AvgIpc) is 2.35. The largest absolute Gasteiger partial charge is 0.359 e. The van der Waals surface area contributed by atoms with Crippen LogP contribution in [0.4, 0.5) is 0 Å². The van der Waals surface area contributed by atoms with E-state index in [0.717, 1.165) is 24.8 Å². The van der Waals surface area contributed by atoms with Crippen molar-refractivity contribution in [3.8, 4) is 0 Å². The van der Waals surface area contributed by atoms with Crippen molar-refractivity contribution in [2.45, 2.75) is 60.8 Å². The van der Waals surface area contributed by atoms with Gasteiger partial charge >= 0.3 is 0 Å². The van der Waals surface area contributed by atoms with Crippen molar-refractivity contribution >= 4 is 5.78 Å². The minimum Gasteiger partial charge on any atom is -0.359 e. The van der Waals surface area contributed by atoms with E-state index < -0.39 is 0 Å². The molecule has 2 nitrogen and oxygen atoms in total. The van der Waals surface area contributed by atoms with Crippen LogP contribution in [0.2, 0.25) is 0 Å². The van der Waals surface area contributed by atoms with Crippen LogP contribution in [0.1, 0.15) is 60.8 Å². The Balaban J connectivity index is 5.67. The van der Waals surface area contributed by atoms with Crippen LogP contribution >= 0.6 is 0 Å². The number of hydrogen-bond acceptors (Lipinski definition) is 2. The lowest BCUT2D eigenvalue weighted by Gasteiger charge is -2.38. The van der Waals surface area contributed by atoms with Crippen LogP contribution in [0.25, 0.3) is 0 Å². The predicted molar refractivity (Wildman–Crippen MR) is 79.2 cm³/mol. The van der Waals surface area contributed by atoms with Gasteiger partial charge in [0, 0.05) is 6.92 Å². The predicted octanol–water partition coefficient (Wildman–Crippen LogP) is 4.44. The summed E-state index contributed by atoms with van der Waals surface area (Å²) in [5.74, 6) is 0.682. The topological polar surface area (TPSA) is 29.1 Å². The number of allylic oxidation sites excluding steroid dienone is 2. The van der Waals surface area contributed by atoms with E-state index in [9.17, 15) is 4.79 Å². The molecule has 0 saturated heterocycles. The third-order valence-corrected chi connectivity index (χ3v) is 4.45. The molecule has 0 aliphatic carbocycles. The summed E-state index contributed by atoms with van der Waals surface area (Å²) in [6.07, 6.45) is 4.90. The smallest absolute Gasteiger partial charge is 0.175 e. The van der Waals surface area contributed by atoms with Crippen molar-refractivity contribution in [1.82, 2.24) is 5.32 Å². The second kappa shape index (κ2) is 7.40. The molecule has 1 N–H and O–H groups in total. The SMILES string of the molecule is C=CN/C(C(C)=O)=C(/C)[C@@](C)(CC)C(CC)CC. The molecule has 0 saturated carbocycles. The molecule has 0 bridgehead atoms. The molecular formula is C16H29NO. The molecule has 1 atom stereocenters. The van der Waals surface area contributed by atoms with E-state index in [2.05, 4.69) is 46.5 Å². The summed E-state index contributed by atoms with van der Waals surface area (Å²) in [7, 11) is 0. The second-order valence-electron chi connectivity index (χ2n) is 5.19. The molecule has 104 valence electrons. The van der Waals surface area contributed by atoms with Crippen LogP contribution in [-0.2, 0) is 4.79 Å². The molecule has 18 heavy (non-hydrogen) atoms. The summed E-state index contributed by atoms with van der Waals surface area (Å²) >= 11 is 0. The highest BCUT2D eigenvalue weighted by Gasteiger charge is 2.34. The Labute approximate surface area is 113 Å². The number of Topliss-reactive ketones (excluding diaryl/α,β-unsaturated/α-hetero) is 1. The summed E-state index contributed by atoms with van der Waals surface area (Å²) in [6, 6.07) is 0. The zero-order valence-electron chi connectivity index (χ0n) is 12.9. The first-order valence-corrected chi connectivity index (χ1v) is 6.98. The van der Waals surface area contributed by atoms with E-state index in [4.69, 9.17) is 0 Å². The average molecular weight is 251 g/mol. The molecule has 0 aliphatic rings. The summed E-state index contributed by atoms with van der Waals surface area (Å²) in [6.45, 7) is 16.3. The molecule has 0 unspecified atom stereocenters. The second-order valence-corrected chi connectivity index (χ2v) is 5.19. The molecule has 0 aromatic carbocycles.